The molecular weight excluding hydrogens is 302 g/mol. The van der Waals surface area contributed by atoms with Crippen LogP contribution in [0.25, 0.3) is 27.5 Å². The lowest BCUT2D eigenvalue weighted by molar-refractivity contribution is 1.17. The second-order valence-electron chi connectivity index (χ2n) is 5.71. The van der Waals surface area contributed by atoms with Crippen LogP contribution in [0.4, 0.5) is 0 Å². The van der Waals surface area contributed by atoms with E-state index in [2.05, 4.69) is 85.1 Å². The van der Waals surface area contributed by atoms with Crippen LogP contribution in [0, 0.1) is 13.8 Å². The van der Waals surface area contributed by atoms with Gasteiger partial charge in [-0.15, -0.1) is 0 Å². The summed E-state index contributed by atoms with van der Waals surface area (Å²) in [6, 6.07) is 24.0. The van der Waals surface area contributed by atoms with Gasteiger partial charge < -0.3 is 4.57 Å². The summed E-state index contributed by atoms with van der Waals surface area (Å²) in [5.74, 6) is 0. The van der Waals surface area contributed by atoms with Crippen LogP contribution in [0.2, 0.25) is 0 Å². The first-order chi connectivity index (χ1) is 12.2. The molecule has 0 saturated carbocycles. The van der Waals surface area contributed by atoms with Crippen molar-refractivity contribution in [2.75, 3.05) is 0 Å². The van der Waals surface area contributed by atoms with Gasteiger partial charge in [0.25, 0.3) is 0 Å². The van der Waals surface area contributed by atoms with Crippen LogP contribution in [0.15, 0.2) is 66.7 Å². The van der Waals surface area contributed by atoms with Crippen molar-refractivity contribution in [2.45, 2.75) is 41.5 Å². The largest absolute Gasteiger partial charge is 0.309 e. The van der Waals surface area contributed by atoms with Crippen molar-refractivity contribution in [3.05, 3.63) is 77.9 Å². The second-order valence-corrected chi connectivity index (χ2v) is 5.71. The zero-order chi connectivity index (χ0) is 18.4. The molecule has 4 aromatic rings. The molecular formula is C24H29N. The van der Waals surface area contributed by atoms with Crippen molar-refractivity contribution < 1.29 is 0 Å². The molecule has 0 N–H and O–H groups in total. The monoisotopic (exact) mass is 331 g/mol. The fourth-order valence-corrected chi connectivity index (χ4v) is 3.09. The number of hydrogen-bond donors (Lipinski definition) is 0. The number of para-hydroxylation sites is 1. The Morgan fingerprint density at radius 1 is 0.560 bits per heavy atom. The Hall–Kier alpha value is -2.54. The Bertz CT molecular complexity index is 887. The van der Waals surface area contributed by atoms with Gasteiger partial charge in [-0.1, -0.05) is 70.2 Å². The lowest BCUT2D eigenvalue weighted by atomic mass is 10.1. The minimum absolute atomic E-state index is 1.22. The van der Waals surface area contributed by atoms with Gasteiger partial charge in [0, 0.05) is 16.5 Å². The van der Waals surface area contributed by atoms with Gasteiger partial charge in [-0.25, -0.2) is 0 Å². The zero-order valence-electron chi connectivity index (χ0n) is 16.3. The molecule has 0 saturated heterocycles. The van der Waals surface area contributed by atoms with Crippen molar-refractivity contribution in [3.8, 4) is 5.69 Å². The van der Waals surface area contributed by atoms with Crippen LogP contribution in [0.1, 0.15) is 38.8 Å². The Balaban J connectivity index is 0.000000528. The highest BCUT2D eigenvalue weighted by Crippen LogP contribution is 2.32. The maximum atomic E-state index is 2.37. The summed E-state index contributed by atoms with van der Waals surface area (Å²) in [5, 5.41) is 2.64. The third-order valence-electron chi connectivity index (χ3n) is 4.09. The zero-order valence-corrected chi connectivity index (χ0v) is 16.3. The van der Waals surface area contributed by atoms with Crippen LogP contribution in [0.3, 0.4) is 0 Å². The molecule has 1 nitrogen and oxygen atoms in total. The summed E-state index contributed by atoms with van der Waals surface area (Å²) in [5.41, 5.74) is 6.36. The molecule has 0 aliphatic rings. The topological polar surface area (TPSA) is 4.93 Å². The van der Waals surface area contributed by atoms with Gasteiger partial charge in [0.15, 0.2) is 0 Å². The lowest BCUT2D eigenvalue weighted by Crippen LogP contribution is -1.93. The SMILES string of the molecule is CC.CC.Cc1ccc2c3ccc(C)cc3n(-c3ccccc3)c2c1. The number of aromatic nitrogens is 1. The Morgan fingerprint density at radius 2 is 1.00 bits per heavy atom. The fraction of sp³-hybridized carbons (Fsp3) is 0.250. The van der Waals surface area contributed by atoms with Crippen LogP contribution in [0.5, 0.6) is 0 Å². The van der Waals surface area contributed by atoms with E-state index in [1.165, 1.54) is 38.6 Å². The van der Waals surface area contributed by atoms with E-state index in [-0.39, 0.29) is 0 Å². The molecule has 0 unspecified atom stereocenters. The molecule has 0 fully saturated rings. The molecule has 0 bridgehead atoms. The first-order valence-corrected chi connectivity index (χ1v) is 9.31. The third-order valence-corrected chi connectivity index (χ3v) is 4.09. The Labute approximate surface area is 151 Å². The molecule has 3 aromatic carbocycles. The minimum Gasteiger partial charge on any atom is -0.309 e. The van der Waals surface area contributed by atoms with E-state index in [0.29, 0.717) is 0 Å². The van der Waals surface area contributed by atoms with Crippen LogP contribution < -0.4 is 0 Å². The molecule has 1 aromatic heterocycles. The summed E-state index contributed by atoms with van der Waals surface area (Å²) in [4.78, 5) is 0. The van der Waals surface area contributed by atoms with E-state index in [4.69, 9.17) is 0 Å². The van der Waals surface area contributed by atoms with Crippen molar-refractivity contribution in [1.82, 2.24) is 4.57 Å². The van der Waals surface area contributed by atoms with Gasteiger partial charge in [0.1, 0.15) is 0 Å². The number of rotatable bonds is 1. The van der Waals surface area contributed by atoms with Gasteiger partial charge in [-0.05, 0) is 49.2 Å². The molecule has 0 amide bonds. The predicted molar refractivity (Wildman–Crippen MR) is 113 cm³/mol. The summed E-state index contributed by atoms with van der Waals surface area (Å²) in [6.07, 6.45) is 0. The molecule has 25 heavy (non-hydrogen) atoms. The molecule has 0 radical (unpaired) electrons. The number of benzene rings is 3. The van der Waals surface area contributed by atoms with E-state index in [1.807, 2.05) is 27.7 Å². The molecule has 0 spiro atoms. The molecule has 1 heterocycles. The number of fused-ring (bicyclic) bond motifs is 3. The minimum atomic E-state index is 1.22. The fourth-order valence-electron chi connectivity index (χ4n) is 3.09. The standard InChI is InChI=1S/C20H17N.2C2H6/c1-14-8-10-17-18-11-9-15(2)13-20(18)21(19(17)12-14)16-6-4-3-5-7-16;2*1-2/h3-13H,1-2H3;2*1-2H3. The number of nitrogens with zero attached hydrogens (tertiary/aromatic N) is 1. The predicted octanol–water partition coefficient (Wildman–Crippen LogP) is 7.45. The highest BCUT2D eigenvalue weighted by Gasteiger charge is 2.11. The van der Waals surface area contributed by atoms with Gasteiger partial charge in [0.2, 0.25) is 0 Å². The van der Waals surface area contributed by atoms with Gasteiger partial charge in [0.05, 0.1) is 11.0 Å². The summed E-state index contributed by atoms with van der Waals surface area (Å²) < 4.78 is 2.37. The van der Waals surface area contributed by atoms with Gasteiger partial charge >= 0.3 is 0 Å². The molecule has 0 aliphatic heterocycles. The average molecular weight is 332 g/mol. The highest BCUT2D eigenvalue weighted by molar-refractivity contribution is 6.09. The van der Waals surface area contributed by atoms with E-state index in [1.54, 1.807) is 0 Å². The highest BCUT2D eigenvalue weighted by atomic mass is 15.0. The summed E-state index contributed by atoms with van der Waals surface area (Å²) in [6.45, 7) is 12.3. The van der Waals surface area contributed by atoms with E-state index < -0.39 is 0 Å². The van der Waals surface area contributed by atoms with Gasteiger partial charge in [-0.3, -0.25) is 0 Å². The van der Waals surface area contributed by atoms with E-state index in [0.717, 1.165) is 0 Å². The number of aryl methyl sites for hydroxylation is 2. The number of hydrogen-bond acceptors (Lipinski definition) is 0. The van der Waals surface area contributed by atoms with E-state index in [9.17, 15) is 0 Å². The Morgan fingerprint density at radius 3 is 1.44 bits per heavy atom. The average Bonchev–Trinajstić information content (AvgIpc) is 2.98. The van der Waals surface area contributed by atoms with Crippen molar-refractivity contribution >= 4 is 21.8 Å². The van der Waals surface area contributed by atoms with Crippen LogP contribution in [-0.2, 0) is 0 Å². The lowest BCUT2D eigenvalue weighted by Gasteiger charge is -2.08. The van der Waals surface area contributed by atoms with Crippen LogP contribution in [-0.4, -0.2) is 4.57 Å². The molecule has 0 aliphatic carbocycles. The molecule has 1 heteroatoms. The first kappa shape index (κ1) is 18.8. The maximum Gasteiger partial charge on any atom is 0.0543 e. The molecule has 130 valence electrons. The smallest absolute Gasteiger partial charge is 0.0543 e. The molecule has 0 atom stereocenters. The first-order valence-electron chi connectivity index (χ1n) is 9.31. The molecule has 4 rings (SSSR count). The van der Waals surface area contributed by atoms with Crippen molar-refractivity contribution in [1.29, 1.82) is 0 Å². The second kappa shape index (κ2) is 8.53. The van der Waals surface area contributed by atoms with Gasteiger partial charge in [-0.2, -0.15) is 0 Å². The Kier molecular flexibility index (Phi) is 6.41. The third kappa shape index (κ3) is 3.61. The summed E-state index contributed by atoms with van der Waals surface area (Å²) >= 11 is 0. The normalized spacial score (nSPS) is 10.0. The summed E-state index contributed by atoms with van der Waals surface area (Å²) in [7, 11) is 0. The van der Waals surface area contributed by atoms with Crippen molar-refractivity contribution in [3.63, 3.8) is 0 Å². The van der Waals surface area contributed by atoms with Crippen LogP contribution >= 0.6 is 0 Å². The van der Waals surface area contributed by atoms with Crippen molar-refractivity contribution in [2.24, 2.45) is 0 Å². The quantitative estimate of drug-likeness (QED) is 0.341. The van der Waals surface area contributed by atoms with E-state index >= 15 is 0 Å². The maximum absolute atomic E-state index is 2.37.